The molecular formula is C13H28O3Si2. The lowest BCUT2D eigenvalue weighted by molar-refractivity contribution is 0.0795. The third-order valence-corrected chi connectivity index (χ3v) is 10.0. The van der Waals surface area contributed by atoms with Crippen molar-refractivity contribution in [2.75, 3.05) is 6.61 Å². The maximum atomic E-state index is 6.32. The minimum Gasteiger partial charge on any atom is -0.420 e. The van der Waals surface area contributed by atoms with Crippen molar-refractivity contribution in [3.63, 3.8) is 0 Å². The predicted molar refractivity (Wildman–Crippen MR) is 78.7 cm³/mol. The highest BCUT2D eigenvalue weighted by Gasteiger charge is 2.38. The molecule has 18 heavy (non-hydrogen) atoms. The fourth-order valence-electron chi connectivity index (χ4n) is 3.18. The Labute approximate surface area is 114 Å². The van der Waals surface area contributed by atoms with Crippen molar-refractivity contribution in [3.8, 4) is 0 Å². The molecular weight excluding hydrogens is 260 g/mol. The second kappa shape index (κ2) is 6.65. The van der Waals surface area contributed by atoms with Gasteiger partial charge in [-0.3, -0.25) is 0 Å². The summed E-state index contributed by atoms with van der Waals surface area (Å²) in [5, 5.41) is 0. The van der Waals surface area contributed by atoms with Crippen LogP contribution in [0.3, 0.4) is 0 Å². The lowest BCUT2D eigenvalue weighted by Crippen LogP contribution is -2.47. The molecule has 0 N–H and O–H groups in total. The van der Waals surface area contributed by atoms with E-state index in [0.29, 0.717) is 12.2 Å². The first kappa shape index (κ1) is 14.7. The van der Waals surface area contributed by atoms with Crippen LogP contribution in [0.5, 0.6) is 0 Å². The average Bonchev–Trinajstić information content (AvgIpc) is 2.28. The maximum absolute atomic E-state index is 6.32. The van der Waals surface area contributed by atoms with E-state index in [9.17, 15) is 0 Å². The summed E-state index contributed by atoms with van der Waals surface area (Å²) in [6, 6.07) is 3.67. The van der Waals surface area contributed by atoms with Gasteiger partial charge < -0.3 is 13.3 Å². The average molecular weight is 289 g/mol. The first-order chi connectivity index (χ1) is 8.57. The van der Waals surface area contributed by atoms with Gasteiger partial charge in [-0.2, -0.15) is 0 Å². The Hall–Kier alpha value is 0.314. The van der Waals surface area contributed by atoms with Crippen molar-refractivity contribution >= 4 is 17.6 Å². The first-order valence-electron chi connectivity index (χ1n) is 7.55. The number of hydrogen-bond donors (Lipinski definition) is 0. The molecule has 4 unspecified atom stereocenters. The zero-order valence-corrected chi connectivity index (χ0v) is 14.3. The van der Waals surface area contributed by atoms with Crippen molar-refractivity contribution in [1.29, 1.82) is 0 Å². The molecule has 3 nitrogen and oxygen atoms in total. The fraction of sp³-hybridized carbons (Fsp3) is 1.00. The van der Waals surface area contributed by atoms with Gasteiger partial charge in [0.2, 0.25) is 0 Å². The van der Waals surface area contributed by atoms with E-state index in [2.05, 4.69) is 20.4 Å². The van der Waals surface area contributed by atoms with Crippen LogP contribution >= 0.6 is 0 Å². The third-order valence-electron chi connectivity index (χ3n) is 4.01. The van der Waals surface area contributed by atoms with E-state index in [1.807, 2.05) is 0 Å². The Bertz CT molecular complexity index is 259. The monoisotopic (exact) mass is 288 g/mol. The minimum absolute atomic E-state index is 0.335. The van der Waals surface area contributed by atoms with Gasteiger partial charge in [0.05, 0.1) is 0 Å². The van der Waals surface area contributed by atoms with E-state index in [1.165, 1.54) is 37.8 Å². The van der Waals surface area contributed by atoms with Crippen LogP contribution in [0.15, 0.2) is 0 Å². The molecule has 2 fully saturated rings. The van der Waals surface area contributed by atoms with Crippen molar-refractivity contribution in [1.82, 2.24) is 0 Å². The van der Waals surface area contributed by atoms with Crippen LogP contribution in [0, 0.1) is 0 Å². The summed E-state index contributed by atoms with van der Waals surface area (Å²) in [6.07, 6.45) is 5.82. The van der Waals surface area contributed by atoms with Crippen molar-refractivity contribution < 1.29 is 13.3 Å². The quantitative estimate of drug-likeness (QED) is 0.744. The molecule has 4 atom stereocenters. The molecule has 0 spiro atoms. The summed E-state index contributed by atoms with van der Waals surface area (Å²) in [6.45, 7) is 7.62. The summed E-state index contributed by atoms with van der Waals surface area (Å²) in [7, 11) is -2.84. The first-order valence-corrected chi connectivity index (χ1v) is 12.2. The van der Waals surface area contributed by atoms with Crippen LogP contribution in [0.25, 0.3) is 0 Å². The minimum atomic E-state index is -1.88. The highest BCUT2D eigenvalue weighted by Crippen LogP contribution is 2.29. The van der Waals surface area contributed by atoms with Gasteiger partial charge in [0.15, 0.2) is 9.04 Å². The third kappa shape index (κ3) is 4.45. The highest BCUT2D eigenvalue weighted by molar-refractivity contribution is 6.66. The van der Waals surface area contributed by atoms with E-state index in [1.54, 1.807) is 0 Å². The topological polar surface area (TPSA) is 27.7 Å². The summed E-state index contributed by atoms with van der Waals surface area (Å²) in [5.41, 5.74) is 0. The molecule has 0 radical (unpaired) electrons. The van der Waals surface area contributed by atoms with Gasteiger partial charge in [-0.15, -0.1) is 0 Å². The molecule has 0 aromatic rings. The van der Waals surface area contributed by atoms with Crippen LogP contribution in [-0.4, -0.2) is 36.4 Å². The SMILES string of the molecule is CC1CCC[Si](C)(OC(C)C[SiH]2CCCCO2)O1. The van der Waals surface area contributed by atoms with Crippen molar-refractivity contribution in [3.05, 3.63) is 0 Å². The second-order valence-corrected chi connectivity index (χ2v) is 12.0. The summed E-state index contributed by atoms with van der Waals surface area (Å²) < 4.78 is 18.4. The van der Waals surface area contributed by atoms with Gasteiger partial charge in [-0.05, 0) is 57.8 Å². The van der Waals surface area contributed by atoms with Crippen molar-refractivity contribution in [2.24, 2.45) is 0 Å². The van der Waals surface area contributed by atoms with Crippen LogP contribution in [0.1, 0.15) is 39.5 Å². The molecule has 106 valence electrons. The molecule has 2 rings (SSSR count). The molecule has 2 aliphatic heterocycles. The normalized spacial score (nSPS) is 39.5. The molecule has 5 heteroatoms. The molecule has 0 aromatic carbocycles. The molecule has 0 amide bonds. The van der Waals surface area contributed by atoms with Gasteiger partial charge in [0.1, 0.15) is 0 Å². The number of hydrogen-bond acceptors (Lipinski definition) is 3. The molecule has 0 aliphatic carbocycles. The Morgan fingerprint density at radius 2 is 2.22 bits per heavy atom. The van der Waals surface area contributed by atoms with Crippen LogP contribution in [0.2, 0.25) is 24.7 Å². The Kier molecular flexibility index (Phi) is 5.44. The standard InChI is InChI=1S/C13H28O3Si2/c1-12-7-6-10-18(3,15-12)16-13(2)11-17-9-5-4-8-14-17/h12-13,17H,4-11H2,1-3H3. The van der Waals surface area contributed by atoms with E-state index in [0.717, 1.165) is 12.7 Å². The Balaban J connectivity index is 1.76. The summed E-state index contributed by atoms with van der Waals surface area (Å²) in [4.78, 5) is 0. The van der Waals surface area contributed by atoms with Crippen LogP contribution in [-0.2, 0) is 13.3 Å². The molecule has 2 heterocycles. The zero-order valence-electron chi connectivity index (χ0n) is 12.1. The Morgan fingerprint density at radius 1 is 1.39 bits per heavy atom. The van der Waals surface area contributed by atoms with E-state index in [4.69, 9.17) is 13.3 Å². The summed E-state index contributed by atoms with van der Waals surface area (Å²) >= 11 is 0. The zero-order chi connectivity index (χ0) is 13.0. The van der Waals surface area contributed by atoms with Gasteiger partial charge in [-0.25, -0.2) is 0 Å². The maximum Gasteiger partial charge on any atom is 0.335 e. The summed E-state index contributed by atoms with van der Waals surface area (Å²) in [5.74, 6) is 0. The lowest BCUT2D eigenvalue weighted by atomic mass is 10.2. The second-order valence-electron chi connectivity index (χ2n) is 6.11. The van der Waals surface area contributed by atoms with Crippen molar-refractivity contribution in [2.45, 2.75) is 76.4 Å². The predicted octanol–water partition coefficient (Wildman–Crippen LogP) is 3.20. The van der Waals surface area contributed by atoms with Gasteiger partial charge >= 0.3 is 8.56 Å². The largest absolute Gasteiger partial charge is 0.420 e. The highest BCUT2D eigenvalue weighted by atomic mass is 28.4. The van der Waals surface area contributed by atoms with Gasteiger partial charge in [0.25, 0.3) is 0 Å². The molecule has 0 bridgehead atoms. The molecule has 0 aromatic heterocycles. The van der Waals surface area contributed by atoms with E-state index >= 15 is 0 Å². The Morgan fingerprint density at radius 3 is 2.89 bits per heavy atom. The van der Waals surface area contributed by atoms with Crippen LogP contribution in [0.4, 0.5) is 0 Å². The lowest BCUT2D eigenvalue weighted by Gasteiger charge is -2.37. The van der Waals surface area contributed by atoms with E-state index < -0.39 is 17.6 Å². The molecule has 2 saturated heterocycles. The fourth-order valence-corrected chi connectivity index (χ4v) is 9.04. The van der Waals surface area contributed by atoms with Gasteiger partial charge in [-0.1, -0.05) is 6.42 Å². The smallest absolute Gasteiger partial charge is 0.335 e. The molecule has 2 aliphatic rings. The molecule has 0 saturated carbocycles. The van der Waals surface area contributed by atoms with Crippen LogP contribution < -0.4 is 0 Å². The van der Waals surface area contributed by atoms with E-state index in [-0.39, 0.29) is 0 Å². The number of rotatable bonds is 4. The van der Waals surface area contributed by atoms with Gasteiger partial charge in [0, 0.05) is 18.8 Å².